The lowest BCUT2D eigenvalue weighted by Gasteiger charge is -2.20. The van der Waals surface area contributed by atoms with Gasteiger partial charge in [0.2, 0.25) is 0 Å². The number of hydrazine groups is 1. The van der Waals surface area contributed by atoms with Crippen LogP contribution in [0, 0.1) is 0 Å². The summed E-state index contributed by atoms with van der Waals surface area (Å²) in [5.41, 5.74) is 7.24. The molecular formula is C24H36N9+. The van der Waals surface area contributed by atoms with Crippen molar-refractivity contribution < 1.29 is 4.58 Å². The zero-order valence-electron chi connectivity index (χ0n) is 20.6. The number of rotatable bonds is 9. The van der Waals surface area contributed by atoms with Gasteiger partial charge in [0.15, 0.2) is 0 Å². The summed E-state index contributed by atoms with van der Waals surface area (Å²) >= 11 is 0. The van der Waals surface area contributed by atoms with Gasteiger partial charge in [0.1, 0.15) is 5.69 Å². The van der Waals surface area contributed by atoms with Crippen LogP contribution in [0.5, 0.6) is 0 Å². The van der Waals surface area contributed by atoms with Crippen LogP contribution in [-0.4, -0.2) is 62.1 Å². The van der Waals surface area contributed by atoms with E-state index in [-0.39, 0.29) is 6.29 Å². The fraction of sp³-hybridized carbons (Fsp3) is 0.458. The first-order valence-electron chi connectivity index (χ1n) is 11.6. The molecule has 1 aliphatic heterocycles. The van der Waals surface area contributed by atoms with Crippen molar-refractivity contribution in [2.45, 2.75) is 34.0 Å². The molecule has 1 aliphatic rings. The highest BCUT2D eigenvalue weighted by Gasteiger charge is 2.33. The zero-order chi connectivity index (χ0) is 23.8. The molecule has 3 rings (SSSR count). The molecule has 0 fully saturated rings. The van der Waals surface area contributed by atoms with Gasteiger partial charge in [-0.25, -0.2) is 4.58 Å². The Kier molecular flexibility index (Phi) is 8.48. The first kappa shape index (κ1) is 24.3. The van der Waals surface area contributed by atoms with Crippen molar-refractivity contribution in [2.24, 2.45) is 20.5 Å². The molecule has 176 valence electrons. The third-order valence-corrected chi connectivity index (χ3v) is 5.79. The van der Waals surface area contributed by atoms with Crippen LogP contribution in [-0.2, 0) is 0 Å². The maximum Gasteiger partial charge on any atom is 0.432 e. The topological polar surface area (TPSA) is 74.2 Å². The minimum atomic E-state index is -0.351. The molecule has 0 radical (unpaired) electrons. The van der Waals surface area contributed by atoms with E-state index >= 15 is 0 Å². The van der Waals surface area contributed by atoms with E-state index in [0.717, 1.165) is 37.6 Å². The lowest BCUT2D eigenvalue weighted by atomic mass is 10.2. The fourth-order valence-corrected chi connectivity index (χ4v) is 3.77. The second kappa shape index (κ2) is 11.5. The molecule has 9 heteroatoms. The third kappa shape index (κ3) is 5.92. The van der Waals surface area contributed by atoms with E-state index in [0.29, 0.717) is 5.96 Å². The predicted octanol–water partition coefficient (Wildman–Crippen LogP) is 4.98. The number of nitrogens with one attached hydrogen (secondary N) is 1. The molecule has 2 aromatic rings. The van der Waals surface area contributed by atoms with Crippen LogP contribution < -0.4 is 15.2 Å². The van der Waals surface area contributed by atoms with Crippen molar-refractivity contribution in [3.05, 3.63) is 48.5 Å². The molecule has 1 atom stereocenters. The summed E-state index contributed by atoms with van der Waals surface area (Å²) in [4.78, 5) is 4.59. The Bertz CT molecular complexity index is 972. The summed E-state index contributed by atoms with van der Waals surface area (Å²) < 4.78 is 1.90. The molecule has 1 unspecified atom stereocenters. The highest BCUT2D eigenvalue weighted by molar-refractivity contribution is 5.75. The quantitative estimate of drug-likeness (QED) is 0.432. The monoisotopic (exact) mass is 450 g/mol. The van der Waals surface area contributed by atoms with Gasteiger partial charge in [-0.3, -0.25) is 0 Å². The molecule has 0 saturated heterocycles. The maximum absolute atomic E-state index is 4.45. The normalized spacial score (nSPS) is 16.4. The molecule has 0 bridgehead atoms. The van der Waals surface area contributed by atoms with Crippen molar-refractivity contribution in [3.8, 4) is 0 Å². The molecule has 0 amide bonds. The van der Waals surface area contributed by atoms with Crippen LogP contribution in [0.1, 0.15) is 27.7 Å². The maximum atomic E-state index is 4.45. The highest BCUT2D eigenvalue weighted by Crippen LogP contribution is 2.22. The molecule has 33 heavy (non-hydrogen) atoms. The summed E-state index contributed by atoms with van der Waals surface area (Å²) in [5.74, 6) is 0.670. The van der Waals surface area contributed by atoms with E-state index in [1.54, 1.807) is 5.01 Å². The van der Waals surface area contributed by atoms with E-state index in [9.17, 15) is 0 Å². The number of hydrogen-bond donors (Lipinski definition) is 1. The van der Waals surface area contributed by atoms with Crippen LogP contribution in [0.4, 0.5) is 22.7 Å². The van der Waals surface area contributed by atoms with Gasteiger partial charge in [-0.15, -0.1) is 10.5 Å². The van der Waals surface area contributed by atoms with Gasteiger partial charge < -0.3 is 9.80 Å². The second-order valence-corrected chi connectivity index (χ2v) is 7.77. The highest BCUT2D eigenvalue weighted by atomic mass is 15.7. The molecule has 0 spiro atoms. The molecule has 1 heterocycles. The number of anilines is 2. The molecule has 0 aromatic heterocycles. The Morgan fingerprint density at radius 3 is 1.67 bits per heavy atom. The molecule has 2 aromatic carbocycles. The first-order valence-corrected chi connectivity index (χ1v) is 11.6. The number of azo groups is 2. The zero-order valence-corrected chi connectivity index (χ0v) is 20.6. The fourth-order valence-electron chi connectivity index (χ4n) is 3.77. The summed E-state index contributed by atoms with van der Waals surface area (Å²) in [7, 11) is 3.81. The Labute approximate surface area is 197 Å². The summed E-state index contributed by atoms with van der Waals surface area (Å²) in [6.45, 7) is 12.5. The Morgan fingerprint density at radius 2 is 1.21 bits per heavy atom. The van der Waals surface area contributed by atoms with E-state index in [2.05, 4.69) is 87.6 Å². The Balaban J connectivity index is 1.68. The average molecular weight is 451 g/mol. The van der Waals surface area contributed by atoms with Crippen molar-refractivity contribution in [3.63, 3.8) is 0 Å². The Hall–Kier alpha value is -3.33. The molecular weight excluding hydrogens is 414 g/mol. The van der Waals surface area contributed by atoms with Gasteiger partial charge in [-0.2, -0.15) is 10.1 Å². The van der Waals surface area contributed by atoms with Crippen LogP contribution >= 0.6 is 0 Å². The largest absolute Gasteiger partial charge is 0.432 e. The predicted molar refractivity (Wildman–Crippen MR) is 135 cm³/mol. The number of benzene rings is 2. The van der Waals surface area contributed by atoms with Gasteiger partial charge in [-0.05, 0) is 76.2 Å². The van der Waals surface area contributed by atoms with Crippen LogP contribution in [0.3, 0.4) is 0 Å². The molecule has 0 aliphatic carbocycles. The number of guanidine groups is 1. The van der Waals surface area contributed by atoms with Crippen LogP contribution in [0.2, 0.25) is 0 Å². The van der Waals surface area contributed by atoms with Crippen LogP contribution in [0.25, 0.3) is 0 Å². The second-order valence-electron chi connectivity index (χ2n) is 7.77. The summed E-state index contributed by atoms with van der Waals surface area (Å²) in [6.07, 6.45) is -0.351. The van der Waals surface area contributed by atoms with E-state index < -0.39 is 0 Å². The van der Waals surface area contributed by atoms with Crippen molar-refractivity contribution in [1.82, 2.24) is 10.4 Å². The smallest absolute Gasteiger partial charge is 0.372 e. The lowest BCUT2D eigenvalue weighted by Crippen LogP contribution is -2.36. The van der Waals surface area contributed by atoms with Crippen LogP contribution in [0.15, 0.2) is 69.0 Å². The van der Waals surface area contributed by atoms with Gasteiger partial charge in [-0.1, -0.05) is 5.11 Å². The Morgan fingerprint density at radius 1 is 0.758 bits per heavy atom. The average Bonchev–Trinajstić information content (AvgIpc) is 3.11. The first-order chi connectivity index (χ1) is 16.0. The lowest BCUT2D eigenvalue weighted by molar-refractivity contribution is -0.534. The third-order valence-electron chi connectivity index (χ3n) is 5.79. The minimum Gasteiger partial charge on any atom is -0.372 e. The van der Waals surface area contributed by atoms with Gasteiger partial charge in [0, 0.05) is 42.7 Å². The van der Waals surface area contributed by atoms with Crippen molar-refractivity contribution in [2.75, 3.05) is 50.1 Å². The molecule has 1 N–H and O–H groups in total. The number of hydrogen-bond acceptors (Lipinski definition) is 8. The minimum absolute atomic E-state index is 0.351. The number of nitrogens with zero attached hydrogens (tertiary/aromatic N) is 8. The summed E-state index contributed by atoms with van der Waals surface area (Å²) in [6, 6.07) is 16.3. The SMILES string of the molecule is CCN(CC)c1ccc(N=NC2=[N+](C)C(N=Nc3ccc(N(CC)CC)cc3)NN2C)cc1. The van der Waals surface area contributed by atoms with Gasteiger partial charge >= 0.3 is 5.96 Å². The van der Waals surface area contributed by atoms with Crippen molar-refractivity contribution >= 4 is 28.7 Å². The van der Waals surface area contributed by atoms with E-state index in [1.165, 1.54) is 11.4 Å². The van der Waals surface area contributed by atoms with Gasteiger partial charge in [0.25, 0.3) is 6.29 Å². The van der Waals surface area contributed by atoms with E-state index in [4.69, 9.17) is 0 Å². The van der Waals surface area contributed by atoms with Crippen molar-refractivity contribution in [1.29, 1.82) is 0 Å². The molecule has 0 saturated carbocycles. The molecule has 9 nitrogen and oxygen atoms in total. The van der Waals surface area contributed by atoms with E-state index in [1.807, 2.05) is 42.9 Å². The summed E-state index contributed by atoms with van der Waals surface area (Å²) in [5, 5.41) is 19.5. The standard InChI is InChI=1S/C24H36N9/c1-7-32(8-2)21-15-11-19(12-16-21)25-27-23-29-31(6)24(30(23)5)28-26-20-13-17-22(18-14-20)33(9-3)10-4/h11-18,23,29H,7-10H2,1-6H3/q+1. The van der Waals surface area contributed by atoms with Gasteiger partial charge in [0.05, 0.1) is 19.8 Å².